The molecule has 0 fully saturated rings. The highest BCUT2D eigenvalue weighted by Crippen LogP contribution is 2.24. The van der Waals surface area contributed by atoms with Gasteiger partial charge >= 0.3 is 0 Å². The predicted octanol–water partition coefficient (Wildman–Crippen LogP) is 4.36. The van der Waals surface area contributed by atoms with Crippen LogP contribution in [0.25, 0.3) is 11.1 Å². The molecular weight excluding hydrogens is 480 g/mol. The molecule has 1 heterocycles. The Hall–Kier alpha value is -4.44. The first-order valence-corrected chi connectivity index (χ1v) is 12.4. The molecule has 36 heavy (non-hydrogen) atoms. The average Bonchev–Trinajstić information content (AvgIpc) is 2.90. The number of amides is 1. The molecule has 0 spiro atoms. The van der Waals surface area contributed by atoms with Crippen molar-refractivity contribution in [2.45, 2.75) is 17.9 Å². The van der Waals surface area contributed by atoms with Gasteiger partial charge in [0.1, 0.15) is 5.75 Å². The van der Waals surface area contributed by atoms with Crippen LogP contribution in [0.15, 0.2) is 96.2 Å². The van der Waals surface area contributed by atoms with Crippen LogP contribution in [0.3, 0.4) is 0 Å². The molecule has 1 amide bonds. The molecule has 1 unspecified atom stereocenters. The van der Waals surface area contributed by atoms with Crippen molar-refractivity contribution in [3.8, 4) is 22.8 Å². The van der Waals surface area contributed by atoms with Gasteiger partial charge in [0.05, 0.1) is 12.0 Å². The number of hydrogen-bond acceptors (Lipinski definition) is 7. The van der Waals surface area contributed by atoms with Gasteiger partial charge in [0.25, 0.3) is 21.8 Å². The monoisotopic (exact) mass is 504 g/mol. The van der Waals surface area contributed by atoms with E-state index in [2.05, 4.69) is 20.0 Å². The Balaban J connectivity index is 1.36. The summed E-state index contributed by atoms with van der Waals surface area (Å²) in [6.45, 7) is 1.64. The highest BCUT2D eigenvalue weighted by molar-refractivity contribution is 7.92. The average molecular weight is 505 g/mol. The number of ether oxygens (including phenoxy) is 2. The molecule has 9 nitrogen and oxygen atoms in total. The van der Waals surface area contributed by atoms with Crippen LogP contribution in [0.1, 0.15) is 6.92 Å². The van der Waals surface area contributed by atoms with Gasteiger partial charge in [-0.1, -0.05) is 42.5 Å². The van der Waals surface area contributed by atoms with Gasteiger partial charge in [-0.15, -0.1) is 0 Å². The summed E-state index contributed by atoms with van der Waals surface area (Å²) in [7, 11) is -2.58. The molecule has 10 heteroatoms. The molecule has 184 valence electrons. The van der Waals surface area contributed by atoms with E-state index in [1.807, 2.05) is 54.6 Å². The number of sulfonamides is 1. The largest absolute Gasteiger partial charge is 0.481 e. The van der Waals surface area contributed by atoms with E-state index < -0.39 is 16.1 Å². The maximum Gasteiger partial charge on any atom is 0.265 e. The topological polar surface area (TPSA) is 120 Å². The maximum atomic E-state index is 12.7. The van der Waals surface area contributed by atoms with Gasteiger partial charge < -0.3 is 14.8 Å². The Morgan fingerprint density at radius 1 is 0.861 bits per heavy atom. The lowest BCUT2D eigenvalue weighted by molar-refractivity contribution is -0.122. The van der Waals surface area contributed by atoms with Gasteiger partial charge in [-0.2, -0.15) is 0 Å². The van der Waals surface area contributed by atoms with E-state index in [1.165, 1.54) is 43.8 Å². The molecule has 0 aliphatic heterocycles. The van der Waals surface area contributed by atoms with Crippen molar-refractivity contribution in [3.05, 3.63) is 91.3 Å². The van der Waals surface area contributed by atoms with Crippen LogP contribution >= 0.6 is 0 Å². The van der Waals surface area contributed by atoms with Crippen molar-refractivity contribution < 1.29 is 22.7 Å². The van der Waals surface area contributed by atoms with Crippen molar-refractivity contribution in [2.75, 3.05) is 17.1 Å². The number of hydrogen-bond donors (Lipinski definition) is 2. The summed E-state index contributed by atoms with van der Waals surface area (Å²) in [5.74, 6) is 0.207. The third-order valence-electron chi connectivity index (χ3n) is 5.16. The normalized spacial score (nSPS) is 11.8. The second-order valence-corrected chi connectivity index (χ2v) is 9.37. The molecule has 0 bridgehead atoms. The number of nitrogens with one attached hydrogen (secondary N) is 2. The second-order valence-electron chi connectivity index (χ2n) is 7.68. The van der Waals surface area contributed by atoms with Crippen molar-refractivity contribution in [1.29, 1.82) is 0 Å². The zero-order valence-corrected chi connectivity index (χ0v) is 20.4. The minimum atomic E-state index is -3.94. The minimum Gasteiger partial charge on any atom is -0.481 e. The Kier molecular flexibility index (Phi) is 7.45. The number of carbonyl (C=O) groups excluding carboxylic acids is 1. The lowest BCUT2D eigenvalue weighted by atomic mass is 10.1. The number of methoxy groups -OCH3 is 1. The van der Waals surface area contributed by atoms with Crippen LogP contribution < -0.4 is 19.5 Å². The summed E-state index contributed by atoms with van der Waals surface area (Å²) in [6.07, 6.45) is 1.96. The van der Waals surface area contributed by atoms with Crippen LogP contribution in [0.4, 0.5) is 11.5 Å². The van der Waals surface area contributed by atoms with Crippen molar-refractivity contribution in [2.24, 2.45) is 0 Å². The van der Waals surface area contributed by atoms with Gasteiger partial charge in [0.2, 0.25) is 5.82 Å². The Bertz CT molecular complexity index is 1430. The van der Waals surface area contributed by atoms with E-state index in [0.29, 0.717) is 11.4 Å². The van der Waals surface area contributed by atoms with Gasteiger partial charge in [-0.3, -0.25) is 9.52 Å². The smallest absolute Gasteiger partial charge is 0.265 e. The van der Waals surface area contributed by atoms with Crippen LogP contribution in [0.2, 0.25) is 0 Å². The number of aromatic nitrogens is 2. The highest BCUT2D eigenvalue weighted by Gasteiger charge is 2.19. The van der Waals surface area contributed by atoms with Gasteiger partial charge in [-0.25, -0.2) is 18.4 Å². The molecule has 0 saturated heterocycles. The maximum absolute atomic E-state index is 12.7. The van der Waals surface area contributed by atoms with E-state index >= 15 is 0 Å². The fraction of sp³-hybridized carbons (Fsp3) is 0.115. The molecule has 1 atom stereocenters. The summed E-state index contributed by atoms with van der Waals surface area (Å²) >= 11 is 0. The quantitative estimate of drug-likeness (QED) is 0.348. The molecule has 4 rings (SSSR count). The predicted molar refractivity (Wildman–Crippen MR) is 136 cm³/mol. The molecule has 3 aromatic carbocycles. The van der Waals surface area contributed by atoms with Crippen LogP contribution in [-0.2, 0) is 14.8 Å². The number of anilines is 2. The zero-order chi connectivity index (χ0) is 25.5. The van der Waals surface area contributed by atoms with Gasteiger partial charge in [0, 0.05) is 18.1 Å². The van der Waals surface area contributed by atoms with E-state index in [0.717, 1.165) is 11.1 Å². The summed E-state index contributed by atoms with van der Waals surface area (Å²) < 4.78 is 38.5. The molecule has 0 aliphatic carbocycles. The summed E-state index contributed by atoms with van der Waals surface area (Å²) in [5, 5.41) is 2.72. The third-order valence-corrected chi connectivity index (χ3v) is 6.52. The van der Waals surface area contributed by atoms with Crippen molar-refractivity contribution in [1.82, 2.24) is 9.97 Å². The minimum absolute atomic E-state index is 0.0176. The first-order valence-electron chi connectivity index (χ1n) is 11.0. The first-order chi connectivity index (χ1) is 17.4. The molecule has 1 aromatic heterocycles. The molecule has 0 saturated carbocycles. The molecule has 2 N–H and O–H groups in total. The number of rotatable bonds is 9. The highest BCUT2D eigenvalue weighted by atomic mass is 32.2. The summed E-state index contributed by atoms with van der Waals surface area (Å²) in [5.41, 5.74) is 2.56. The standard InChI is InChI=1S/C26H24N4O5S/c1-18(35-22-12-8-20(9-13-22)19-6-4-3-5-7-19)25(31)29-21-10-14-23(15-11-21)36(32,33)30-24-26(34-2)28-17-16-27-24/h3-18H,1-2H3,(H,27,30)(H,29,31). The van der Waals surface area contributed by atoms with Crippen molar-refractivity contribution in [3.63, 3.8) is 0 Å². The number of nitrogens with zero attached hydrogens (tertiary/aromatic N) is 2. The SMILES string of the molecule is COc1nccnc1NS(=O)(=O)c1ccc(NC(=O)C(C)Oc2ccc(-c3ccccc3)cc2)cc1. The first kappa shape index (κ1) is 24.7. The van der Waals surface area contributed by atoms with Crippen LogP contribution in [-0.4, -0.2) is 37.5 Å². The fourth-order valence-corrected chi connectivity index (χ4v) is 4.31. The van der Waals surface area contributed by atoms with Crippen molar-refractivity contribution >= 4 is 27.4 Å². The van der Waals surface area contributed by atoms with E-state index in [4.69, 9.17) is 9.47 Å². The third kappa shape index (κ3) is 5.97. The lowest BCUT2D eigenvalue weighted by Gasteiger charge is -2.15. The zero-order valence-electron chi connectivity index (χ0n) is 19.6. The Labute approximate surface area is 209 Å². The lowest BCUT2D eigenvalue weighted by Crippen LogP contribution is -2.30. The molecule has 0 aliphatic rings. The fourth-order valence-electron chi connectivity index (χ4n) is 3.31. The van der Waals surface area contributed by atoms with E-state index in [-0.39, 0.29) is 22.5 Å². The van der Waals surface area contributed by atoms with E-state index in [9.17, 15) is 13.2 Å². The number of carbonyl (C=O) groups is 1. The number of benzene rings is 3. The Morgan fingerprint density at radius 3 is 2.17 bits per heavy atom. The van der Waals surface area contributed by atoms with Crippen LogP contribution in [0.5, 0.6) is 11.6 Å². The van der Waals surface area contributed by atoms with Crippen LogP contribution in [0, 0.1) is 0 Å². The molecule has 4 aromatic rings. The summed E-state index contributed by atoms with van der Waals surface area (Å²) in [6, 6.07) is 23.1. The van der Waals surface area contributed by atoms with Gasteiger partial charge in [0.15, 0.2) is 6.10 Å². The molecule has 0 radical (unpaired) electrons. The summed E-state index contributed by atoms with van der Waals surface area (Å²) in [4.78, 5) is 20.4. The van der Waals surface area contributed by atoms with Gasteiger partial charge in [-0.05, 0) is 54.4 Å². The Morgan fingerprint density at radius 2 is 1.50 bits per heavy atom. The second kappa shape index (κ2) is 10.9. The van der Waals surface area contributed by atoms with E-state index in [1.54, 1.807) is 6.92 Å². The molecular formula is C26H24N4O5S.